The molecule has 5 nitrogen and oxygen atoms in total. The van der Waals surface area contributed by atoms with E-state index in [1.165, 1.54) is 32.1 Å². The van der Waals surface area contributed by atoms with Crippen molar-refractivity contribution in [3.8, 4) is 11.4 Å². The van der Waals surface area contributed by atoms with Crippen molar-refractivity contribution in [1.29, 1.82) is 0 Å². The zero-order valence-corrected chi connectivity index (χ0v) is 20.1. The fourth-order valence-corrected chi connectivity index (χ4v) is 5.43. The molecule has 2 aliphatic rings. The van der Waals surface area contributed by atoms with E-state index in [9.17, 15) is 4.79 Å². The second-order valence-electron chi connectivity index (χ2n) is 8.55. The summed E-state index contributed by atoms with van der Waals surface area (Å²) in [6.45, 7) is 3.92. The van der Waals surface area contributed by atoms with Gasteiger partial charge < -0.3 is 4.90 Å². The first kappa shape index (κ1) is 21.9. The highest BCUT2D eigenvalue weighted by molar-refractivity contribution is 9.10. The van der Waals surface area contributed by atoms with E-state index in [1.54, 1.807) is 11.8 Å². The van der Waals surface area contributed by atoms with Crippen LogP contribution in [0.5, 0.6) is 0 Å². The molecule has 0 unspecified atom stereocenters. The molecule has 0 N–H and O–H groups in total. The third-order valence-corrected chi connectivity index (χ3v) is 7.51. The molecule has 0 atom stereocenters. The van der Waals surface area contributed by atoms with Gasteiger partial charge in [-0.1, -0.05) is 66.0 Å². The molecule has 1 aromatic carbocycles. The number of thioether (sulfide) groups is 1. The predicted octanol–water partition coefficient (Wildman–Crippen LogP) is 5.95. The van der Waals surface area contributed by atoms with E-state index in [1.807, 2.05) is 12.1 Å². The first-order valence-electron chi connectivity index (χ1n) is 11.3. The van der Waals surface area contributed by atoms with E-state index in [2.05, 4.69) is 54.7 Å². The lowest BCUT2D eigenvalue weighted by Crippen LogP contribution is -2.35. The SMILES string of the molecule is CCCN(CC1CC1)C(=O)CSc1nnc(-c2ccc(Br)cc2)n1C1CCCCC1. The van der Waals surface area contributed by atoms with Crippen LogP contribution in [-0.2, 0) is 4.79 Å². The molecule has 30 heavy (non-hydrogen) atoms. The molecule has 0 spiro atoms. The summed E-state index contributed by atoms with van der Waals surface area (Å²) in [5.41, 5.74) is 1.08. The summed E-state index contributed by atoms with van der Waals surface area (Å²) in [6.07, 6.45) is 9.67. The van der Waals surface area contributed by atoms with Crippen molar-refractivity contribution in [3.63, 3.8) is 0 Å². The van der Waals surface area contributed by atoms with Gasteiger partial charge in [-0.25, -0.2) is 0 Å². The Balaban J connectivity index is 1.53. The van der Waals surface area contributed by atoms with Crippen LogP contribution in [0.1, 0.15) is 64.3 Å². The van der Waals surface area contributed by atoms with Gasteiger partial charge >= 0.3 is 0 Å². The molecule has 4 rings (SSSR count). The summed E-state index contributed by atoms with van der Waals surface area (Å²) < 4.78 is 3.37. The Bertz CT molecular complexity index is 843. The van der Waals surface area contributed by atoms with Crippen LogP contribution in [0.2, 0.25) is 0 Å². The first-order valence-corrected chi connectivity index (χ1v) is 13.0. The Hall–Kier alpha value is -1.34. The minimum atomic E-state index is 0.233. The van der Waals surface area contributed by atoms with Gasteiger partial charge in [-0.2, -0.15) is 0 Å². The molecule has 2 saturated carbocycles. The smallest absolute Gasteiger partial charge is 0.233 e. The standard InChI is InChI=1S/C23H31BrN4OS/c1-2-14-27(15-17-8-9-17)21(29)16-30-23-26-25-22(18-10-12-19(24)13-11-18)28(23)20-6-4-3-5-7-20/h10-13,17,20H,2-9,14-16H2,1H3. The minimum Gasteiger partial charge on any atom is -0.342 e. The summed E-state index contributed by atoms with van der Waals surface area (Å²) in [6, 6.07) is 8.69. The molecule has 1 aromatic heterocycles. The van der Waals surface area contributed by atoms with Crippen LogP contribution in [0.4, 0.5) is 0 Å². The number of hydrogen-bond donors (Lipinski definition) is 0. The van der Waals surface area contributed by atoms with Gasteiger partial charge in [0.2, 0.25) is 5.91 Å². The van der Waals surface area contributed by atoms with Crippen molar-refractivity contribution in [2.75, 3.05) is 18.8 Å². The molecule has 162 valence electrons. The van der Waals surface area contributed by atoms with Crippen LogP contribution in [0, 0.1) is 5.92 Å². The molecule has 2 aliphatic carbocycles. The number of aromatic nitrogens is 3. The molecule has 0 saturated heterocycles. The van der Waals surface area contributed by atoms with Gasteiger partial charge in [0.15, 0.2) is 11.0 Å². The quantitative estimate of drug-likeness (QED) is 0.407. The number of carbonyl (C=O) groups is 1. The Morgan fingerprint density at radius 3 is 2.53 bits per heavy atom. The molecule has 1 heterocycles. The normalized spacial score (nSPS) is 17.3. The molecule has 0 bridgehead atoms. The Morgan fingerprint density at radius 1 is 1.13 bits per heavy atom. The third kappa shape index (κ3) is 5.47. The maximum atomic E-state index is 12.9. The first-order chi connectivity index (χ1) is 14.7. The third-order valence-electron chi connectivity index (χ3n) is 6.05. The monoisotopic (exact) mass is 490 g/mol. The van der Waals surface area contributed by atoms with E-state index in [0.717, 1.165) is 59.3 Å². The van der Waals surface area contributed by atoms with Gasteiger partial charge in [-0.05, 0) is 50.2 Å². The number of carbonyl (C=O) groups excluding carboxylic acids is 1. The highest BCUT2D eigenvalue weighted by Gasteiger charge is 2.28. The molecule has 2 fully saturated rings. The van der Waals surface area contributed by atoms with Crippen LogP contribution in [-0.4, -0.2) is 44.4 Å². The zero-order valence-electron chi connectivity index (χ0n) is 17.7. The maximum absolute atomic E-state index is 12.9. The average molecular weight is 491 g/mol. The zero-order chi connectivity index (χ0) is 20.9. The number of hydrogen-bond acceptors (Lipinski definition) is 4. The second kappa shape index (κ2) is 10.3. The van der Waals surface area contributed by atoms with Crippen molar-refractivity contribution < 1.29 is 4.79 Å². The van der Waals surface area contributed by atoms with Crippen LogP contribution in [0.25, 0.3) is 11.4 Å². The molecule has 7 heteroatoms. The van der Waals surface area contributed by atoms with Gasteiger partial charge in [-0.15, -0.1) is 10.2 Å². The molecule has 0 aliphatic heterocycles. The van der Waals surface area contributed by atoms with E-state index in [4.69, 9.17) is 0 Å². The molecular weight excluding hydrogens is 460 g/mol. The molecule has 1 amide bonds. The van der Waals surface area contributed by atoms with Gasteiger partial charge in [0.25, 0.3) is 0 Å². The fraction of sp³-hybridized carbons (Fsp3) is 0.609. The van der Waals surface area contributed by atoms with Crippen LogP contribution in [0.15, 0.2) is 33.9 Å². The Morgan fingerprint density at radius 2 is 1.87 bits per heavy atom. The number of benzene rings is 1. The van der Waals surface area contributed by atoms with Gasteiger partial charge in [0.05, 0.1) is 5.75 Å². The Kier molecular flexibility index (Phi) is 7.52. The van der Waals surface area contributed by atoms with E-state index in [-0.39, 0.29) is 5.91 Å². The van der Waals surface area contributed by atoms with Crippen molar-refractivity contribution in [1.82, 2.24) is 19.7 Å². The highest BCUT2D eigenvalue weighted by Crippen LogP contribution is 2.36. The van der Waals surface area contributed by atoms with Crippen LogP contribution >= 0.6 is 27.7 Å². The summed E-state index contributed by atoms with van der Waals surface area (Å²) >= 11 is 5.08. The van der Waals surface area contributed by atoms with E-state index >= 15 is 0 Å². The highest BCUT2D eigenvalue weighted by atomic mass is 79.9. The van der Waals surface area contributed by atoms with Crippen LogP contribution < -0.4 is 0 Å². The Labute approximate surface area is 192 Å². The number of amides is 1. The fourth-order valence-electron chi connectivity index (χ4n) is 4.26. The number of nitrogens with zero attached hydrogens (tertiary/aromatic N) is 4. The summed E-state index contributed by atoms with van der Waals surface area (Å²) in [7, 11) is 0. The number of rotatable bonds is 9. The van der Waals surface area contributed by atoms with Crippen molar-refractivity contribution in [2.45, 2.75) is 69.5 Å². The van der Waals surface area contributed by atoms with Crippen molar-refractivity contribution in [3.05, 3.63) is 28.7 Å². The predicted molar refractivity (Wildman–Crippen MR) is 126 cm³/mol. The van der Waals surface area contributed by atoms with Crippen molar-refractivity contribution >= 4 is 33.6 Å². The van der Waals surface area contributed by atoms with Gasteiger partial charge in [0.1, 0.15) is 0 Å². The van der Waals surface area contributed by atoms with Crippen molar-refractivity contribution in [2.24, 2.45) is 5.92 Å². The maximum Gasteiger partial charge on any atom is 0.233 e. The average Bonchev–Trinajstić information content (AvgIpc) is 3.49. The molecule has 2 aromatic rings. The lowest BCUT2D eigenvalue weighted by molar-refractivity contribution is -0.128. The topological polar surface area (TPSA) is 51.0 Å². The number of halogens is 1. The molecular formula is C23H31BrN4OS. The largest absolute Gasteiger partial charge is 0.342 e. The minimum absolute atomic E-state index is 0.233. The molecule has 0 radical (unpaired) electrons. The second-order valence-corrected chi connectivity index (χ2v) is 10.4. The van der Waals surface area contributed by atoms with Crippen LogP contribution in [0.3, 0.4) is 0 Å². The van der Waals surface area contributed by atoms with Gasteiger partial charge in [-0.3, -0.25) is 9.36 Å². The lowest BCUT2D eigenvalue weighted by Gasteiger charge is -2.26. The van der Waals surface area contributed by atoms with E-state index in [0.29, 0.717) is 11.8 Å². The van der Waals surface area contributed by atoms with Gasteiger partial charge in [0, 0.05) is 29.2 Å². The summed E-state index contributed by atoms with van der Waals surface area (Å²) in [5, 5.41) is 9.98. The summed E-state index contributed by atoms with van der Waals surface area (Å²) in [5.74, 6) is 2.32. The lowest BCUT2D eigenvalue weighted by atomic mass is 9.95. The van der Waals surface area contributed by atoms with E-state index < -0.39 is 0 Å². The summed E-state index contributed by atoms with van der Waals surface area (Å²) in [4.78, 5) is 15.0.